The molecule has 17 heavy (non-hydrogen) atoms. The molecule has 1 aliphatic heterocycles. The highest BCUT2D eigenvalue weighted by Crippen LogP contribution is 2.37. The zero-order valence-corrected chi connectivity index (χ0v) is 11.2. The van der Waals surface area contributed by atoms with Gasteiger partial charge in [0.05, 0.1) is 11.8 Å². The summed E-state index contributed by atoms with van der Waals surface area (Å²) in [5, 5.41) is 11.1. The first kappa shape index (κ1) is 11.5. The van der Waals surface area contributed by atoms with Crippen molar-refractivity contribution in [1.82, 2.24) is 4.98 Å². The third-order valence-corrected chi connectivity index (χ3v) is 5.16. The van der Waals surface area contributed by atoms with Gasteiger partial charge in [-0.05, 0) is 38.0 Å². The van der Waals surface area contributed by atoms with E-state index in [4.69, 9.17) is 0 Å². The molecule has 1 aromatic heterocycles. The molecule has 0 saturated carbocycles. The molecule has 1 atom stereocenters. The molecule has 1 saturated heterocycles. The van der Waals surface area contributed by atoms with E-state index in [0.717, 1.165) is 49.1 Å². The topological polar surface area (TPSA) is 36.4 Å². The first-order valence-corrected chi connectivity index (χ1v) is 7.48. The van der Waals surface area contributed by atoms with E-state index in [1.165, 1.54) is 17.7 Å². The molecular formula is C13H20N2OS. The van der Waals surface area contributed by atoms with Crippen LogP contribution in [0.1, 0.15) is 49.3 Å². The summed E-state index contributed by atoms with van der Waals surface area (Å²) in [6.07, 6.45) is 5.32. The number of piperidine rings is 1. The van der Waals surface area contributed by atoms with Gasteiger partial charge in [0, 0.05) is 18.0 Å². The van der Waals surface area contributed by atoms with Crippen LogP contribution in [-0.2, 0) is 6.42 Å². The van der Waals surface area contributed by atoms with Gasteiger partial charge in [0.25, 0.3) is 0 Å². The Hall–Kier alpha value is -0.610. The molecule has 0 amide bonds. The summed E-state index contributed by atoms with van der Waals surface area (Å²) >= 11 is 1.80. The lowest BCUT2D eigenvalue weighted by molar-refractivity contribution is 0.153. The van der Waals surface area contributed by atoms with E-state index in [1.807, 2.05) is 0 Å². The largest absolute Gasteiger partial charge is 0.387 e. The Bertz CT molecular complexity index is 396. The van der Waals surface area contributed by atoms with Crippen LogP contribution in [0.4, 0.5) is 5.13 Å². The summed E-state index contributed by atoms with van der Waals surface area (Å²) in [5.74, 6) is 0.853. The number of aromatic nitrogens is 1. The molecule has 2 aliphatic rings. The predicted molar refractivity (Wildman–Crippen MR) is 70.6 cm³/mol. The van der Waals surface area contributed by atoms with E-state index in [0.29, 0.717) is 0 Å². The van der Waals surface area contributed by atoms with Crippen LogP contribution in [0.2, 0.25) is 0 Å². The van der Waals surface area contributed by atoms with E-state index in [9.17, 15) is 5.11 Å². The number of rotatable bonds is 1. The average molecular weight is 252 g/mol. The monoisotopic (exact) mass is 252 g/mol. The van der Waals surface area contributed by atoms with Crippen LogP contribution in [0, 0.1) is 5.92 Å². The van der Waals surface area contributed by atoms with Gasteiger partial charge in [-0.2, -0.15) is 0 Å². The summed E-state index contributed by atoms with van der Waals surface area (Å²) < 4.78 is 0. The Morgan fingerprint density at radius 1 is 1.29 bits per heavy atom. The van der Waals surface area contributed by atoms with Gasteiger partial charge in [-0.3, -0.25) is 0 Å². The van der Waals surface area contributed by atoms with Crippen molar-refractivity contribution in [2.45, 2.75) is 45.1 Å². The second kappa shape index (κ2) is 4.58. The molecule has 0 spiro atoms. The number of nitrogens with zero attached hydrogens (tertiary/aromatic N) is 2. The van der Waals surface area contributed by atoms with Gasteiger partial charge in [0.15, 0.2) is 5.13 Å². The van der Waals surface area contributed by atoms with Gasteiger partial charge in [-0.25, -0.2) is 4.98 Å². The number of aliphatic hydroxyl groups is 1. The summed E-state index contributed by atoms with van der Waals surface area (Å²) in [4.78, 5) is 8.39. The number of aryl methyl sites for hydroxylation is 1. The normalized spacial score (nSPS) is 26.0. The van der Waals surface area contributed by atoms with Gasteiger partial charge < -0.3 is 10.0 Å². The van der Waals surface area contributed by atoms with Gasteiger partial charge in [-0.15, -0.1) is 11.3 Å². The van der Waals surface area contributed by atoms with E-state index in [2.05, 4.69) is 16.8 Å². The zero-order valence-electron chi connectivity index (χ0n) is 10.4. The molecule has 4 heteroatoms. The first-order valence-electron chi connectivity index (χ1n) is 6.66. The Morgan fingerprint density at radius 2 is 2.06 bits per heavy atom. The minimum Gasteiger partial charge on any atom is -0.387 e. The summed E-state index contributed by atoms with van der Waals surface area (Å²) in [6, 6.07) is 0. The smallest absolute Gasteiger partial charge is 0.185 e. The third-order valence-electron chi connectivity index (χ3n) is 3.97. The van der Waals surface area contributed by atoms with Crippen LogP contribution in [-0.4, -0.2) is 23.2 Å². The van der Waals surface area contributed by atoms with E-state index in [-0.39, 0.29) is 6.10 Å². The van der Waals surface area contributed by atoms with Crippen LogP contribution in [0.25, 0.3) is 0 Å². The molecule has 1 aliphatic carbocycles. The highest BCUT2D eigenvalue weighted by atomic mass is 32.1. The molecule has 0 bridgehead atoms. The Labute approximate surface area is 106 Å². The molecule has 2 heterocycles. The summed E-state index contributed by atoms with van der Waals surface area (Å²) in [6.45, 7) is 4.58. The number of aliphatic hydroxyl groups excluding tert-OH is 1. The number of anilines is 1. The van der Waals surface area contributed by atoms with Crippen molar-refractivity contribution in [3.63, 3.8) is 0 Å². The fraction of sp³-hybridized carbons (Fsp3) is 0.769. The van der Waals surface area contributed by atoms with Crippen molar-refractivity contribution < 1.29 is 5.11 Å². The third kappa shape index (κ3) is 2.20. The van der Waals surface area contributed by atoms with Crippen LogP contribution in [0.3, 0.4) is 0 Å². The maximum Gasteiger partial charge on any atom is 0.185 e. The first-order chi connectivity index (χ1) is 8.24. The average Bonchev–Trinajstić information content (AvgIpc) is 2.75. The molecule has 94 valence electrons. The molecular weight excluding hydrogens is 232 g/mol. The maximum absolute atomic E-state index is 9.94. The number of fused-ring (bicyclic) bond motifs is 1. The lowest BCUT2D eigenvalue weighted by Crippen LogP contribution is -2.32. The predicted octanol–water partition coefficient (Wildman–Crippen LogP) is 2.75. The lowest BCUT2D eigenvalue weighted by Gasteiger charge is -2.29. The maximum atomic E-state index is 9.94. The van der Waals surface area contributed by atoms with Crippen LogP contribution >= 0.6 is 11.3 Å². The summed E-state index contributed by atoms with van der Waals surface area (Å²) in [5.41, 5.74) is 0.967. The van der Waals surface area contributed by atoms with Crippen molar-refractivity contribution in [3.8, 4) is 0 Å². The van der Waals surface area contributed by atoms with Crippen molar-refractivity contribution in [2.24, 2.45) is 5.92 Å². The molecule has 1 unspecified atom stereocenters. The number of hydrogen-bond donors (Lipinski definition) is 1. The van der Waals surface area contributed by atoms with E-state index in [1.54, 1.807) is 11.3 Å². The van der Waals surface area contributed by atoms with Crippen molar-refractivity contribution in [1.29, 1.82) is 0 Å². The Morgan fingerprint density at radius 3 is 2.76 bits per heavy atom. The Balaban J connectivity index is 1.80. The van der Waals surface area contributed by atoms with Gasteiger partial charge in [-0.1, -0.05) is 6.92 Å². The quantitative estimate of drug-likeness (QED) is 0.835. The Kier molecular flexibility index (Phi) is 3.09. The van der Waals surface area contributed by atoms with E-state index >= 15 is 0 Å². The van der Waals surface area contributed by atoms with Crippen molar-refractivity contribution in [3.05, 3.63) is 10.6 Å². The standard InChI is InChI=1S/C13H20N2OS/c1-9-5-7-15(8-6-9)13-14-12-10(16)3-2-4-11(12)17-13/h9-10,16H,2-8H2,1H3. The van der Waals surface area contributed by atoms with Crippen molar-refractivity contribution >= 4 is 16.5 Å². The van der Waals surface area contributed by atoms with Crippen LogP contribution in [0.5, 0.6) is 0 Å². The highest BCUT2D eigenvalue weighted by Gasteiger charge is 2.26. The number of thiazole rings is 1. The molecule has 1 fully saturated rings. The van der Waals surface area contributed by atoms with Crippen LogP contribution < -0.4 is 4.90 Å². The molecule has 0 radical (unpaired) electrons. The molecule has 3 nitrogen and oxygen atoms in total. The summed E-state index contributed by atoms with van der Waals surface area (Å²) in [7, 11) is 0. The number of hydrogen-bond acceptors (Lipinski definition) is 4. The second-order valence-electron chi connectivity index (χ2n) is 5.38. The van der Waals surface area contributed by atoms with Gasteiger partial charge in [0.2, 0.25) is 0 Å². The van der Waals surface area contributed by atoms with E-state index < -0.39 is 0 Å². The van der Waals surface area contributed by atoms with Gasteiger partial charge in [0.1, 0.15) is 0 Å². The lowest BCUT2D eigenvalue weighted by atomic mass is 9.99. The molecule has 1 aromatic rings. The van der Waals surface area contributed by atoms with Crippen LogP contribution in [0.15, 0.2) is 0 Å². The molecule has 1 N–H and O–H groups in total. The highest BCUT2D eigenvalue weighted by molar-refractivity contribution is 7.15. The van der Waals surface area contributed by atoms with Gasteiger partial charge >= 0.3 is 0 Å². The second-order valence-corrected chi connectivity index (χ2v) is 6.44. The molecule has 0 aromatic carbocycles. The SMILES string of the molecule is CC1CCN(c2nc3c(s2)CCCC3O)CC1. The minimum absolute atomic E-state index is 0.313. The minimum atomic E-state index is -0.313. The van der Waals surface area contributed by atoms with Crippen molar-refractivity contribution in [2.75, 3.05) is 18.0 Å². The fourth-order valence-electron chi connectivity index (χ4n) is 2.72. The fourth-order valence-corrected chi connectivity index (χ4v) is 3.93. The molecule has 3 rings (SSSR count). The zero-order chi connectivity index (χ0) is 11.8.